The second-order valence-electron chi connectivity index (χ2n) is 14.1. The fraction of sp³-hybridized carbons (Fsp3) is 0.390. The summed E-state index contributed by atoms with van der Waals surface area (Å²) in [5.74, 6) is -0.873. The van der Waals surface area contributed by atoms with Crippen molar-refractivity contribution in [1.82, 2.24) is 29.2 Å². The van der Waals surface area contributed by atoms with Gasteiger partial charge in [0.05, 0.1) is 31.1 Å². The molecule has 5 N–H and O–H groups in total. The number of nitrogens with two attached hydrogens (primary N) is 2. The number of aliphatic hydroxyl groups is 1. The monoisotopic (exact) mass is 745 g/mol. The molecule has 2 aliphatic rings. The normalized spacial score (nSPS) is 27.6. The molecule has 2 fully saturated rings. The largest absolute Gasteiger partial charge is 0.382 e. The van der Waals surface area contributed by atoms with E-state index in [9.17, 15) is 10.4 Å². The first-order valence-electron chi connectivity index (χ1n) is 18.6. The Morgan fingerprint density at radius 1 is 0.709 bits per heavy atom. The minimum Gasteiger partial charge on any atom is -0.382 e. The number of hydrogen-bond donors (Lipinski definition) is 3. The molecule has 4 unspecified atom stereocenters. The van der Waals surface area contributed by atoms with Crippen LogP contribution in [0.2, 0.25) is 0 Å². The van der Waals surface area contributed by atoms with Crippen LogP contribution in [0.1, 0.15) is 63.1 Å². The summed E-state index contributed by atoms with van der Waals surface area (Å²) in [5.41, 5.74) is 15.1. The van der Waals surface area contributed by atoms with Gasteiger partial charge in [0, 0.05) is 11.8 Å². The topological polar surface area (TPSA) is 193 Å². The van der Waals surface area contributed by atoms with E-state index in [1.54, 1.807) is 21.2 Å². The Morgan fingerprint density at radius 2 is 1.18 bits per heavy atom. The highest BCUT2D eigenvalue weighted by Crippen LogP contribution is 2.47. The summed E-state index contributed by atoms with van der Waals surface area (Å²) in [7, 11) is 0. The van der Waals surface area contributed by atoms with Gasteiger partial charge in [-0.05, 0) is 48.2 Å². The van der Waals surface area contributed by atoms with Crippen LogP contribution in [-0.4, -0.2) is 58.7 Å². The first-order valence-corrected chi connectivity index (χ1v) is 18.6. The van der Waals surface area contributed by atoms with Crippen LogP contribution in [0.5, 0.6) is 0 Å². The highest BCUT2D eigenvalue weighted by Gasteiger charge is 2.57. The zero-order valence-electron chi connectivity index (χ0n) is 31.4. The molecule has 0 aliphatic carbocycles. The van der Waals surface area contributed by atoms with Crippen molar-refractivity contribution in [3.63, 3.8) is 0 Å². The molecule has 2 aromatic carbocycles. The second kappa shape index (κ2) is 15.7. The molecule has 0 amide bonds. The highest BCUT2D eigenvalue weighted by atomic mass is 16.7. The van der Waals surface area contributed by atoms with Gasteiger partial charge in [-0.2, -0.15) is 15.5 Å². The number of hydrogen-bond acceptors (Lipinski definition) is 12. The average molecular weight is 746 g/mol. The van der Waals surface area contributed by atoms with Crippen LogP contribution in [0.4, 0.5) is 11.6 Å². The SMILES string of the molecule is CC[C@H]1OC(C#N)(c2ccc3c(N)ncnn23)C(OCc2ccccc2)[C@@H]1C.CC[C@H]1OC(O)(c2ccc3c(N)ncnn23)C(OCc2ccccc2)[C@@H]1C. The number of anilines is 2. The van der Waals surface area contributed by atoms with Gasteiger partial charge in [0.25, 0.3) is 0 Å². The number of nitrogen functional groups attached to an aromatic ring is 2. The molecular formula is C41H47N9O5. The first-order chi connectivity index (χ1) is 26.6. The maximum Gasteiger partial charge on any atom is 0.237 e. The summed E-state index contributed by atoms with van der Waals surface area (Å²) < 4.78 is 28.2. The molecule has 55 heavy (non-hydrogen) atoms. The van der Waals surface area contributed by atoms with Crippen molar-refractivity contribution in [2.75, 3.05) is 11.5 Å². The van der Waals surface area contributed by atoms with Crippen molar-refractivity contribution in [2.45, 2.75) is 89.6 Å². The standard InChI is InChI=1S/C21H23N5O2.C20H24N4O3/c1-3-17-14(2)19(27-11-15-7-5-4-6-8-15)21(12-22,28-17)18-10-9-16-20(23)24-13-25-26(16)18;1-3-16-13(2)18(26-11-14-7-5-4-6-8-14)20(25,27-16)17-10-9-15-19(21)22-12-23-24(15)17/h4-10,13-14,17,19H,3,11H2,1-2H3,(H2,23,24,25);4-10,12-13,16,18,25H,3,11H2,1-2H3,(H2,21,22,23)/t14-,17-,19?,21?;13-,16-,18?,20?/m11/s1. The lowest BCUT2D eigenvalue weighted by Crippen LogP contribution is -2.41. The Balaban J connectivity index is 0.000000169. The van der Waals surface area contributed by atoms with E-state index in [0.717, 1.165) is 24.0 Å². The lowest BCUT2D eigenvalue weighted by atomic mass is 9.87. The number of fused-ring (bicyclic) bond motifs is 2. The number of nitriles is 1. The molecular weight excluding hydrogens is 699 g/mol. The molecule has 14 heteroatoms. The lowest BCUT2D eigenvalue weighted by Gasteiger charge is -2.29. The molecule has 286 valence electrons. The molecule has 6 aromatic rings. The number of benzene rings is 2. The first kappa shape index (κ1) is 37.9. The highest BCUT2D eigenvalue weighted by molar-refractivity contribution is 5.66. The Labute approximate surface area is 319 Å². The van der Waals surface area contributed by atoms with Crippen LogP contribution >= 0.6 is 0 Å². The fourth-order valence-electron chi connectivity index (χ4n) is 7.92. The summed E-state index contributed by atoms with van der Waals surface area (Å²) in [6.45, 7) is 9.00. The van der Waals surface area contributed by atoms with Gasteiger partial charge in [-0.1, -0.05) is 88.4 Å². The Morgan fingerprint density at radius 3 is 1.71 bits per heavy atom. The third-order valence-corrected chi connectivity index (χ3v) is 10.8. The molecule has 0 bridgehead atoms. The molecule has 6 heterocycles. The van der Waals surface area contributed by atoms with Crippen LogP contribution in [-0.2, 0) is 43.5 Å². The van der Waals surface area contributed by atoms with Crippen LogP contribution in [0.25, 0.3) is 11.0 Å². The molecule has 0 saturated carbocycles. The summed E-state index contributed by atoms with van der Waals surface area (Å²) in [6, 6.07) is 29.4. The molecule has 8 atom stereocenters. The maximum absolute atomic E-state index is 11.6. The number of aromatic nitrogens is 6. The average Bonchev–Trinajstić information content (AvgIpc) is 3.97. The van der Waals surface area contributed by atoms with Gasteiger partial charge in [0.1, 0.15) is 47.7 Å². The fourth-order valence-corrected chi connectivity index (χ4v) is 7.92. The minimum atomic E-state index is -1.62. The Bertz CT molecular complexity index is 2260. The van der Waals surface area contributed by atoms with Crippen molar-refractivity contribution < 1.29 is 24.1 Å². The van der Waals surface area contributed by atoms with Crippen LogP contribution in [0, 0.1) is 23.2 Å². The van der Waals surface area contributed by atoms with Gasteiger partial charge in [0.15, 0.2) is 11.6 Å². The molecule has 2 aliphatic heterocycles. The summed E-state index contributed by atoms with van der Waals surface area (Å²) in [5, 5.41) is 30.4. The van der Waals surface area contributed by atoms with Crippen molar-refractivity contribution in [2.24, 2.45) is 11.8 Å². The predicted molar refractivity (Wildman–Crippen MR) is 205 cm³/mol. The van der Waals surface area contributed by atoms with E-state index in [-0.39, 0.29) is 24.0 Å². The third-order valence-electron chi connectivity index (χ3n) is 10.8. The summed E-state index contributed by atoms with van der Waals surface area (Å²) in [4.78, 5) is 8.03. The second-order valence-corrected chi connectivity index (χ2v) is 14.1. The molecule has 2 saturated heterocycles. The smallest absolute Gasteiger partial charge is 0.237 e. The lowest BCUT2D eigenvalue weighted by molar-refractivity contribution is -0.251. The number of rotatable bonds is 10. The van der Waals surface area contributed by atoms with Gasteiger partial charge in [0.2, 0.25) is 11.4 Å². The van der Waals surface area contributed by atoms with Crippen molar-refractivity contribution in [1.29, 1.82) is 5.26 Å². The van der Waals surface area contributed by atoms with Gasteiger partial charge in [-0.3, -0.25) is 0 Å². The quantitative estimate of drug-likeness (QED) is 0.159. The van der Waals surface area contributed by atoms with Gasteiger partial charge in [-0.15, -0.1) is 0 Å². The minimum absolute atomic E-state index is 0.00782. The van der Waals surface area contributed by atoms with E-state index in [2.05, 4.69) is 40.1 Å². The van der Waals surface area contributed by atoms with Crippen LogP contribution in [0.3, 0.4) is 0 Å². The number of nitrogens with zero attached hydrogens (tertiary/aromatic N) is 7. The molecule has 8 rings (SSSR count). The van der Waals surface area contributed by atoms with Gasteiger partial charge in [-0.25, -0.2) is 19.0 Å². The van der Waals surface area contributed by atoms with E-state index < -0.39 is 23.6 Å². The van der Waals surface area contributed by atoms with Crippen molar-refractivity contribution in [3.05, 3.63) is 120 Å². The zero-order valence-corrected chi connectivity index (χ0v) is 31.4. The van der Waals surface area contributed by atoms with Crippen molar-refractivity contribution >= 4 is 22.7 Å². The molecule has 14 nitrogen and oxygen atoms in total. The molecule has 0 radical (unpaired) electrons. The maximum atomic E-state index is 11.6. The Hall–Kier alpha value is -5.43. The van der Waals surface area contributed by atoms with Crippen molar-refractivity contribution in [3.8, 4) is 6.07 Å². The van der Waals surface area contributed by atoms with Gasteiger partial charge < -0.3 is 35.5 Å². The van der Waals surface area contributed by atoms with E-state index in [4.69, 9.17) is 30.4 Å². The molecule has 4 aromatic heterocycles. The summed E-state index contributed by atoms with van der Waals surface area (Å²) >= 11 is 0. The number of ether oxygens (including phenoxy) is 4. The molecule has 0 spiro atoms. The third kappa shape index (κ3) is 6.90. The van der Waals surface area contributed by atoms with Crippen LogP contribution < -0.4 is 11.5 Å². The van der Waals surface area contributed by atoms with E-state index in [0.29, 0.717) is 47.3 Å². The van der Waals surface area contributed by atoms with E-state index in [1.165, 1.54) is 12.7 Å². The summed E-state index contributed by atoms with van der Waals surface area (Å²) in [6.07, 6.45) is 3.10. The Kier molecular flexibility index (Phi) is 10.8. The van der Waals surface area contributed by atoms with E-state index >= 15 is 0 Å². The van der Waals surface area contributed by atoms with Gasteiger partial charge >= 0.3 is 0 Å². The zero-order chi connectivity index (χ0) is 38.7. The van der Waals surface area contributed by atoms with Crippen LogP contribution in [0.15, 0.2) is 97.6 Å². The predicted octanol–water partition coefficient (Wildman–Crippen LogP) is 5.55. The van der Waals surface area contributed by atoms with E-state index in [1.807, 2.05) is 86.6 Å².